The van der Waals surface area contributed by atoms with E-state index >= 15 is 0 Å². The Labute approximate surface area is 114 Å². The summed E-state index contributed by atoms with van der Waals surface area (Å²) in [6, 6.07) is 6.63. The topological polar surface area (TPSA) is 52.6 Å². The molecule has 1 saturated carbocycles. The quantitative estimate of drug-likeness (QED) is 0.827. The van der Waals surface area contributed by atoms with Crippen LogP contribution in [0.3, 0.4) is 0 Å². The van der Waals surface area contributed by atoms with Crippen LogP contribution < -0.4 is 5.32 Å². The molecule has 1 aliphatic carbocycles. The van der Waals surface area contributed by atoms with Crippen LogP contribution in [0.5, 0.6) is 0 Å². The summed E-state index contributed by atoms with van der Waals surface area (Å²) in [4.78, 5) is 13.4. The first kappa shape index (κ1) is 13.9. The fourth-order valence-electron chi connectivity index (χ4n) is 2.26. The summed E-state index contributed by atoms with van der Waals surface area (Å²) in [5, 5.41) is 12.4. The molecule has 19 heavy (non-hydrogen) atoms. The van der Waals surface area contributed by atoms with Crippen molar-refractivity contribution in [1.82, 2.24) is 4.90 Å². The highest BCUT2D eigenvalue weighted by Crippen LogP contribution is 2.27. The van der Waals surface area contributed by atoms with Crippen molar-refractivity contribution in [1.29, 1.82) is 0 Å². The summed E-state index contributed by atoms with van der Waals surface area (Å²) >= 11 is 0. The van der Waals surface area contributed by atoms with E-state index in [1.54, 1.807) is 6.07 Å². The van der Waals surface area contributed by atoms with Crippen molar-refractivity contribution in [3.63, 3.8) is 0 Å². The number of nitrogens with zero attached hydrogens (tertiary/aromatic N) is 1. The van der Waals surface area contributed by atoms with Gasteiger partial charge in [-0.3, -0.25) is 4.90 Å². The number of benzene rings is 1. The molecular formula is C15H22N2O2. The summed E-state index contributed by atoms with van der Waals surface area (Å²) in [6.45, 7) is 4.91. The monoisotopic (exact) mass is 262 g/mol. The number of rotatable bonds is 6. The van der Waals surface area contributed by atoms with Gasteiger partial charge in [0.05, 0.1) is 5.56 Å². The van der Waals surface area contributed by atoms with Crippen LogP contribution in [-0.4, -0.2) is 41.7 Å². The van der Waals surface area contributed by atoms with Gasteiger partial charge in [-0.25, -0.2) is 4.79 Å². The molecule has 0 radical (unpaired) electrons. The van der Waals surface area contributed by atoms with E-state index in [1.807, 2.05) is 19.1 Å². The Kier molecular flexibility index (Phi) is 4.10. The second kappa shape index (κ2) is 5.61. The largest absolute Gasteiger partial charge is 0.478 e. The summed E-state index contributed by atoms with van der Waals surface area (Å²) < 4.78 is 0. The highest BCUT2D eigenvalue weighted by atomic mass is 16.4. The molecule has 0 bridgehead atoms. The average molecular weight is 262 g/mol. The van der Waals surface area contributed by atoms with Gasteiger partial charge >= 0.3 is 5.97 Å². The van der Waals surface area contributed by atoms with Gasteiger partial charge < -0.3 is 10.4 Å². The minimum atomic E-state index is -0.870. The molecule has 2 N–H and O–H groups in total. The molecule has 4 heteroatoms. The lowest BCUT2D eigenvalue weighted by Crippen LogP contribution is -2.36. The van der Waals surface area contributed by atoms with Gasteiger partial charge in [-0.2, -0.15) is 0 Å². The summed E-state index contributed by atoms with van der Waals surface area (Å²) in [5.74, 6) is -0.870. The minimum absolute atomic E-state index is 0.369. The molecule has 1 aliphatic rings. The Hall–Kier alpha value is -1.55. The normalized spacial score (nSPS) is 16.4. The third-order valence-corrected chi connectivity index (χ3v) is 3.88. The number of hydrogen-bond donors (Lipinski definition) is 2. The number of aryl methyl sites for hydroxylation is 1. The number of carbonyl (C=O) groups is 1. The lowest BCUT2D eigenvalue weighted by molar-refractivity contribution is 0.0696. The van der Waals surface area contributed by atoms with Crippen molar-refractivity contribution in [2.75, 3.05) is 18.9 Å². The third-order valence-electron chi connectivity index (χ3n) is 3.88. The van der Waals surface area contributed by atoms with Crippen molar-refractivity contribution in [3.05, 3.63) is 29.3 Å². The van der Waals surface area contributed by atoms with Crippen LogP contribution in [0.4, 0.5) is 5.69 Å². The molecule has 1 fully saturated rings. The van der Waals surface area contributed by atoms with Crippen LogP contribution in [0, 0.1) is 6.92 Å². The number of anilines is 1. The van der Waals surface area contributed by atoms with Crippen molar-refractivity contribution < 1.29 is 9.90 Å². The van der Waals surface area contributed by atoms with Crippen LogP contribution in [0.2, 0.25) is 0 Å². The summed E-state index contributed by atoms with van der Waals surface area (Å²) in [5.41, 5.74) is 2.15. The fraction of sp³-hybridized carbons (Fsp3) is 0.533. The predicted octanol–water partition coefficient (Wildman–Crippen LogP) is 2.59. The first-order valence-electron chi connectivity index (χ1n) is 6.79. The molecule has 0 spiro atoms. The maximum atomic E-state index is 10.9. The van der Waals surface area contributed by atoms with Crippen molar-refractivity contribution >= 4 is 11.7 Å². The van der Waals surface area contributed by atoms with Crippen LogP contribution in [0.1, 0.15) is 35.7 Å². The van der Waals surface area contributed by atoms with Crippen LogP contribution in [-0.2, 0) is 0 Å². The molecule has 1 atom stereocenters. The Balaban J connectivity index is 1.92. The van der Waals surface area contributed by atoms with Crippen molar-refractivity contribution in [3.8, 4) is 0 Å². The van der Waals surface area contributed by atoms with E-state index in [0.717, 1.165) is 23.8 Å². The van der Waals surface area contributed by atoms with Gasteiger partial charge in [0, 0.05) is 24.3 Å². The summed E-state index contributed by atoms with van der Waals surface area (Å²) in [7, 11) is 2.17. The van der Waals surface area contributed by atoms with Gasteiger partial charge in [0.1, 0.15) is 0 Å². The number of carboxylic acids is 1. The second-order valence-electron chi connectivity index (χ2n) is 5.46. The van der Waals surface area contributed by atoms with Crippen molar-refractivity contribution in [2.45, 2.75) is 38.8 Å². The molecule has 0 heterocycles. The molecular weight excluding hydrogens is 240 g/mol. The molecule has 2 rings (SSSR count). The standard InChI is InChI=1S/C15H22N2O2/c1-10-8-12(4-7-14(10)15(18)19)16-9-11(2)17(3)13-5-6-13/h4,7-8,11,13,16H,5-6,9H2,1-3H3,(H,18,19). The molecule has 0 aliphatic heterocycles. The molecule has 0 saturated heterocycles. The lowest BCUT2D eigenvalue weighted by Gasteiger charge is -2.25. The summed E-state index contributed by atoms with van der Waals surface area (Å²) in [6.07, 6.45) is 2.63. The zero-order chi connectivity index (χ0) is 14.0. The van der Waals surface area contributed by atoms with Crippen LogP contribution in [0.15, 0.2) is 18.2 Å². The molecule has 0 amide bonds. The molecule has 1 unspecified atom stereocenters. The Morgan fingerprint density at radius 2 is 2.21 bits per heavy atom. The minimum Gasteiger partial charge on any atom is -0.478 e. The van der Waals surface area contributed by atoms with E-state index < -0.39 is 5.97 Å². The maximum Gasteiger partial charge on any atom is 0.335 e. The van der Waals surface area contributed by atoms with E-state index in [4.69, 9.17) is 5.11 Å². The number of hydrogen-bond acceptors (Lipinski definition) is 3. The van der Waals surface area contributed by atoms with Crippen LogP contribution >= 0.6 is 0 Å². The van der Waals surface area contributed by atoms with Gasteiger partial charge in [-0.1, -0.05) is 0 Å². The van der Waals surface area contributed by atoms with E-state index in [9.17, 15) is 4.79 Å². The lowest BCUT2D eigenvalue weighted by atomic mass is 10.1. The molecule has 4 nitrogen and oxygen atoms in total. The highest BCUT2D eigenvalue weighted by Gasteiger charge is 2.28. The smallest absolute Gasteiger partial charge is 0.335 e. The van der Waals surface area contributed by atoms with Gasteiger partial charge in [-0.15, -0.1) is 0 Å². The molecule has 104 valence electrons. The molecule has 1 aromatic carbocycles. The Bertz CT molecular complexity index is 469. The number of aromatic carboxylic acids is 1. The molecule has 1 aromatic rings. The highest BCUT2D eigenvalue weighted by molar-refractivity contribution is 5.89. The predicted molar refractivity (Wildman–Crippen MR) is 76.9 cm³/mol. The number of carboxylic acid groups (broad SMARTS) is 1. The molecule has 0 aromatic heterocycles. The average Bonchev–Trinajstić information content (AvgIpc) is 3.18. The number of nitrogens with one attached hydrogen (secondary N) is 1. The first-order chi connectivity index (χ1) is 8.99. The Morgan fingerprint density at radius 3 is 2.74 bits per heavy atom. The van der Waals surface area contributed by atoms with E-state index in [2.05, 4.69) is 24.2 Å². The zero-order valence-electron chi connectivity index (χ0n) is 11.8. The number of likely N-dealkylation sites (N-methyl/N-ethyl adjacent to an activating group) is 1. The van der Waals surface area contributed by atoms with Crippen LogP contribution in [0.25, 0.3) is 0 Å². The SMILES string of the molecule is Cc1cc(NCC(C)N(C)C2CC2)ccc1C(=O)O. The fourth-order valence-corrected chi connectivity index (χ4v) is 2.26. The Morgan fingerprint density at radius 1 is 1.53 bits per heavy atom. The van der Waals surface area contributed by atoms with E-state index in [-0.39, 0.29) is 0 Å². The second-order valence-corrected chi connectivity index (χ2v) is 5.46. The van der Waals surface area contributed by atoms with Gasteiger partial charge in [0.15, 0.2) is 0 Å². The van der Waals surface area contributed by atoms with E-state index in [0.29, 0.717) is 11.6 Å². The maximum absolute atomic E-state index is 10.9. The van der Waals surface area contributed by atoms with Gasteiger partial charge in [0.2, 0.25) is 0 Å². The van der Waals surface area contributed by atoms with E-state index in [1.165, 1.54) is 12.8 Å². The van der Waals surface area contributed by atoms with Gasteiger partial charge in [0.25, 0.3) is 0 Å². The third kappa shape index (κ3) is 3.47. The van der Waals surface area contributed by atoms with Crippen molar-refractivity contribution in [2.24, 2.45) is 0 Å². The first-order valence-corrected chi connectivity index (χ1v) is 6.79. The van der Waals surface area contributed by atoms with Gasteiger partial charge in [-0.05, 0) is 57.5 Å². The zero-order valence-corrected chi connectivity index (χ0v) is 11.8.